The molecule has 0 aliphatic carbocycles. The highest BCUT2D eigenvalue weighted by atomic mass is 16.5. The number of hydrogen-bond donors (Lipinski definition) is 2. The molecule has 0 spiro atoms. The third-order valence-electron chi connectivity index (χ3n) is 2.84. The highest BCUT2D eigenvalue weighted by Gasteiger charge is 2.06. The van der Waals surface area contributed by atoms with Gasteiger partial charge in [0, 0.05) is 27.2 Å². The summed E-state index contributed by atoms with van der Waals surface area (Å²) in [5, 5.41) is 5.35. The van der Waals surface area contributed by atoms with Crippen LogP contribution >= 0.6 is 0 Å². The molecule has 0 unspecified atom stereocenters. The maximum atomic E-state index is 11.6. The Morgan fingerprint density at radius 3 is 2.48 bits per heavy atom. The smallest absolute Gasteiger partial charge is 0.316 e. The van der Waals surface area contributed by atoms with E-state index in [1.165, 1.54) is 4.90 Å². The Hall–Kier alpha value is -2.24. The van der Waals surface area contributed by atoms with Gasteiger partial charge in [-0.15, -0.1) is 0 Å². The second-order valence-electron chi connectivity index (χ2n) is 4.73. The van der Waals surface area contributed by atoms with E-state index in [1.54, 1.807) is 14.1 Å². The maximum absolute atomic E-state index is 11.6. The number of aryl methyl sites for hydroxylation is 1. The molecule has 6 nitrogen and oxygen atoms in total. The van der Waals surface area contributed by atoms with Crippen molar-refractivity contribution in [2.45, 2.75) is 13.3 Å². The Bertz CT molecular complexity index is 475. The number of para-hydroxylation sites is 1. The molecule has 0 saturated heterocycles. The summed E-state index contributed by atoms with van der Waals surface area (Å²) in [6.45, 7) is 2.76. The third kappa shape index (κ3) is 6.16. The quantitative estimate of drug-likeness (QED) is 0.737. The number of carbonyl (C=O) groups is 2. The van der Waals surface area contributed by atoms with Gasteiger partial charge in [-0.1, -0.05) is 25.1 Å². The first-order chi connectivity index (χ1) is 10.0. The fraction of sp³-hybridized carbons (Fsp3) is 0.467. The van der Waals surface area contributed by atoms with Gasteiger partial charge in [-0.05, 0) is 18.1 Å². The summed E-state index contributed by atoms with van der Waals surface area (Å²) >= 11 is 0. The van der Waals surface area contributed by atoms with Crippen molar-refractivity contribution >= 4 is 11.9 Å². The van der Waals surface area contributed by atoms with Gasteiger partial charge in [0.25, 0.3) is 5.91 Å². The normalized spacial score (nSPS) is 9.86. The predicted molar refractivity (Wildman–Crippen MR) is 81.4 cm³/mol. The first kappa shape index (κ1) is 16.8. The molecule has 116 valence electrons. The van der Waals surface area contributed by atoms with Crippen molar-refractivity contribution < 1.29 is 14.3 Å². The molecular weight excluding hydrogens is 270 g/mol. The van der Waals surface area contributed by atoms with Crippen molar-refractivity contribution in [3.63, 3.8) is 0 Å². The van der Waals surface area contributed by atoms with Crippen LogP contribution in [0.5, 0.6) is 5.75 Å². The summed E-state index contributed by atoms with van der Waals surface area (Å²) in [6, 6.07) is 7.47. The molecule has 1 rings (SSSR count). The minimum absolute atomic E-state index is 0.0291. The van der Waals surface area contributed by atoms with Crippen molar-refractivity contribution in [3.05, 3.63) is 29.8 Å². The summed E-state index contributed by atoms with van der Waals surface area (Å²) in [6.07, 6.45) is 0.856. The molecule has 3 amide bonds. The van der Waals surface area contributed by atoms with E-state index < -0.39 is 0 Å². The van der Waals surface area contributed by atoms with Crippen LogP contribution in [0.4, 0.5) is 4.79 Å². The molecule has 0 fully saturated rings. The van der Waals surface area contributed by atoms with Crippen LogP contribution in [0.25, 0.3) is 0 Å². The standard InChI is InChI=1S/C15H23N3O3/c1-4-12-7-5-6-8-13(12)21-11-14(19)16-9-10-17-15(20)18(2)3/h5-8H,4,9-11H2,1-3H3,(H,16,19)(H,17,20). The minimum atomic E-state index is -0.208. The van der Waals surface area contributed by atoms with Crippen LogP contribution in [0.1, 0.15) is 12.5 Å². The lowest BCUT2D eigenvalue weighted by Gasteiger charge is -2.13. The van der Waals surface area contributed by atoms with Crippen LogP contribution in [0.2, 0.25) is 0 Å². The fourth-order valence-electron chi connectivity index (χ4n) is 1.66. The molecule has 21 heavy (non-hydrogen) atoms. The van der Waals surface area contributed by atoms with Crippen LogP contribution in [-0.2, 0) is 11.2 Å². The van der Waals surface area contributed by atoms with Gasteiger partial charge in [-0.2, -0.15) is 0 Å². The summed E-state index contributed by atoms with van der Waals surface area (Å²) in [4.78, 5) is 24.3. The van der Waals surface area contributed by atoms with Crippen molar-refractivity contribution in [1.29, 1.82) is 0 Å². The highest BCUT2D eigenvalue weighted by molar-refractivity contribution is 5.77. The zero-order valence-electron chi connectivity index (χ0n) is 12.8. The van der Waals surface area contributed by atoms with Gasteiger partial charge in [-0.3, -0.25) is 4.79 Å². The monoisotopic (exact) mass is 293 g/mol. The molecular formula is C15H23N3O3. The second kappa shape index (κ2) is 8.84. The molecule has 0 heterocycles. The Labute approximate surface area is 125 Å². The summed E-state index contributed by atoms with van der Waals surface area (Å²) < 4.78 is 5.50. The molecule has 0 bridgehead atoms. The van der Waals surface area contributed by atoms with E-state index in [4.69, 9.17) is 4.74 Å². The van der Waals surface area contributed by atoms with Crippen LogP contribution in [-0.4, -0.2) is 50.6 Å². The lowest BCUT2D eigenvalue weighted by molar-refractivity contribution is -0.123. The van der Waals surface area contributed by atoms with Crippen LogP contribution in [0.3, 0.4) is 0 Å². The maximum Gasteiger partial charge on any atom is 0.316 e. The van der Waals surface area contributed by atoms with Crippen LogP contribution in [0.15, 0.2) is 24.3 Å². The second-order valence-corrected chi connectivity index (χ2v) is 4.73. The molecule has 1 aromatic rings. The third-order valence-corrected chi connectivity index (χ3v) is 2.84. The molecule has 2 N–H and O–H groups in total. The minimum Gasteiger partial charge on any atom is -0.483 e. The number of urea groups is 1. The number of rotatable bonds is 7. The summed E-state index contributed by atoms with van der Waals surface area (Å²) in [5.41, 5.74) is 1.07. The summed E-state index contributed by atoms with van der Waals surface area (Å²) in [5.74, 6) is 0.524. The largest absolute Gasteiger partial charge is 0.483 e. The van der Waals surface area contributed by atoms with Crippen LogP contribution < -0.4 is 15.4 Å². The first-order valence-electron chi connectivity index (χ1n) is 6.97. The van der Waals surface area contributed by atoms with Gasteiger partial charge in [0.1, 0.15) is 5.75 Å². The molecule has 6 heteroatoms. The summed E-state index contributed by atoms with van der Waals surface area (Å²) in [7, 11) is 3.32. The number of carbonyl (C=O) groups excluding carboxylic acids is 2. The van der Waals surface area contributed by atoms with E-state index in [9.17, 15) is 9.59 Å². The zero-order chi connectivity index (χ0) is 15.7. The first-order valence-corrected chi connectivity index (χ1v) is 6.97. The van der Waals surface area contributed by atoms with Crippen molar-refractivity contribution in [1.82, 2.24) is 15.5 Å². The number of nitrogens with zero attached hydrogens (tertiary/aromatic N) is 1. The Morgan fingerprint density at radius 2 is 1.81 bits per heavy atom. The molecule has 0 atom stereocenters. The molecule has 0 aromatic heterocycles. The SMILES string of the molecule is CCc1ccccc1OCC(=O)NCCNC(=O)N(C)C. The van der Waals surface area contributed by atoms with E-state index in [2.05, 4.69) is 10.6 Å². The van der Waals surface area contributed by atoms with Crippen LogP contribution in [0, 0.1) is 0 Å². The zero-order valence-corrected chi connectivity index (χ0v) is 12.8. The molecule has 0 aliphatic rings. The van der Waals surface area contributed by atoms with Gasteiger partial charge >= 0.3 is 6.03 Å². The number of nitrogens with one attached hydrogen (secondary N) is 2. The van der Waals surface area contributed by atoms with E-state index in [0.717, 1.165) is 17.7 Å². The van der Waals surface area contributed by atoms with E-state index >= 15 is 0 Å². The number of benzene rings is 1. The van der Waals surface area contributed by atoms with E-state index in [1.807, 2.05) is 31.2 Å². The molecule has 0 radical (unpaired) electrons. The average molecular weight is 293 g/mol. The average Bonchev–Trinajstić information content (AvgIpc) is 2.49. The van der Waals surface area contributed by atoms with Gasteiger partial charge < -0.3 is 20.3 Å². The Kier molecular flexibility index (Phi) is 7.08. The van der Waals surface area contributed by atoms with E-state index in [0.29, 0.717) is 13.1 Å². The topological polar surface area (TPSA) is 70.7 Å². The molecule has 0 aliphatic heterocycles. The lowest BCUT2D eigenvalue weighted by Crippen LogP contribution is -2.40. The number of hydrogen-bond acceptors (Lipinski definition) is 3. The van der Waals surface area contributed by atoms with Crippen molar-refractivity contribution in [3.8, 4) is 5.75 Å². The van der Waals surface area contributed by atoms with Gasteiger partial charge in [-0.25, -0.2) is 4.79 Å². The van der Waals surface area contributed by atoms with Gasteiger partial charge in [0.05, 0.1) is 0 Å². The van der Waals surface area contributed by atoms with Gasteiger partial charge in [0.15, 0.2) is 6.61 Å². The molecule has 0 saturated carbocycles. The lowest BCUT2D eigenvalue weighted by atomic mass is 10.1. The van der Waals surface area contributed by atoms with Crippen molar-refractivity contribution in [2.24, 2.45) is 0 Å². The van der Waals surface area contributed by atoms with Crippen molar-refractivity contribution in [2.75, 3.05) is 33.8 Å². The Morgan fingerprint density at radius 1 is 1.14 bits per heavy atom. The Balaban J connectivity index is 2.24. The van der Waals surface area contributed by atoms with E-state index in [-0.39, 0.29) is 18.5 Å². The fourth-order valence-corrected chi connectivity index (χ4v) is 1.66. The predicted octanol–water partition coefficient (Wildman–Crippen LogP) is 1.02. The number of amides is 3. The number of ether oxygens (including phenoxy) is 1. The highest BCUT2D eigenvalue weighted by Crippen LogP contribution is 2.17. The van der Waals surface area contributed by atoms with Gasteiger partial charge in [0.2, 0.25) is 0 Å². The molecule has 1 aromatic carbocycles.